The van der Waals surface area contributed by atoms with Crippen LogP contribution in [-0.4, -0.2) is 31.8 Å². The van der Waals surface area contributed by atoms with Crippen molar-refractivity contribution < 1.29 is 4.74 Å². The van der Waals surface area contributed by atoms with Gasteiger partial charge >= 0.3 is 0 Å². The lowest BCUT2D eigenvalue weighted by Gasteiger charge is -2.13. The van der Waals surface area contributed by atoms with Crippen molar-refractivity contribution >= 4 is 33.3 Å². The lowest BCUT2D eigenvalue weighted by molar-refractivity contribution is 0.415. The van der Waals surface area contributed by atoms with E-state index in [0.717, 1.165) is 32.3 Å². The average Bonchev–Trinajstić information content (AvgIpc) is 3.40. The molecule has 5 aromatic rings. The second-order valence-corrected chi connectivity index (χ2v) is 10.4. The highest BCUT2D eigenvalue weighted by Gasteiger charge is 2.22. The van der Waals surface area contributed by atoms with Crippen LogP contribution in [-0.2, 0) is 0 Å². The Bertz CT molecular complexity index is 1540. The van der Waals surface area contributed by atoms with E-state index in [4.69, 9.17) is 9.72 Å². The summed E-state index contributed by atoms with van der Waals surface area (Å²) in [4.78, 5) is 22.4. The fourth-order valence-electron chi connectivity index (χ4n) is 3.78. The lowest BCUT2D eigenvalue weighted by Crippen LogP contribution is -2.12. The first-order valence-electron chi connectivity index (χ1n) is 10.8. The highest BCUT2D eigenvalue weighted by Crippen LogP contribution is 2.37. The number of H-pyrrole nitrogens is 1. The molecule has 1 N–H and O–H groups in total. The number of methoxy groups -OCH3 is 1. The normalized spacial score (nSPS) is 12.2. The van der Waals surface area contributed by atoms with Crippen LogP contribution in [0, 0.1) is 13.8 Å². The van der Waals surface area contributed by atoms with E-state index in [9.17, 15) is 4.79 Å². The molecular formula is C25H23N5O2S2. The molecule has 2 aromatic carbocycles. The number of rotatable bonds is 6. The second kappa shape index (κ2) is 9.08. The number of thioether (sulfide) groups is 1. The van der Waals surface area contributed by atoms with Crippen LogP contribution in [0.25, 0.3) is 27.3 Å². The molecule has 1 unspecified atom stereocenters. The van der Waals surface area contributed by atoms with Crippen LogP contribution in [0.2, 0.25) is 0 Å². The van der Waals surface area contributed by atoms with Gasteiger partial charge in [0.05, 0.1) is 17.7 Å². The highest BCUT2D eigenvalue weighted by molar-refractivity contribution is 7.99. The summed E-state index contributed by atoms with van der Waals surface area (Å²) in [6.07, 6.45) is 0. The summed E-state index contributed by atoms with van der Waals surface area (Å²) in [5.41, 5.74) is 2.73. The Morgan fingerprint density at radius 1 is 1.09 bits per heavy atom. The number of ether oxygens (including phenoxy) is 1. The van der Waals surface area contributed by atoms with Gasteiger partial charge in [0.1, 0.15) is 16.4 Å². The Morgan fingerprint density at radius 2 is 1.88 bits per heavy atom. The summed E-state index contributed by atoms with van der Waals surface area (Å²) >= 11 is 3.05. The molecule has 34 heavy (non-hydrogen) atoms. The molecule has 3 aromatic heterocycles. The molecule has 0 spiro atoms. The number of benzene rings is 2. The minimum Gasteiger partial charge on any atom is -0.497 e. The van der Waals surface area contributed by atoms with E-state index in [2.05, 4.69) is 15.2 Å². The first kappa shape index (κ1) is 22.4. The van der Waals surface area contributed by atoms with Gasteiger partial charge in [-0.3, -0.25) is 9.36 Å². The number of thiophene rings is 1. The van der Waals surface area contributed by atoms with Gasteiger partial charge in [0.15, 0.2) is 11.0 Å². The lowest BCUT2D eigenvalue weighted by atomic mass is 10.2. The van der Waals surface area contributed by atoms with Crippen LogP contribution < -0.4 is 10.3 Å². The third-order valence-electron chi connectivity index (χ3n) is 5.70. The summed E-state index contributed by atoms with van der Waals surface area (Å²) in [6.45, 7) is 5.99. The fourth-order valence-corrected chi connectivity index (χ4v) is 5.74. The molecule has 0 amide bonds. The van der Waals surface area contributed by atoms with E-state index in [1.54, 1.807) is 18.4 Å². The van der Waals surface area contributed by atoms with Crippen molar-refractivity contribution in [3.8, 4) is 22.8 Å². The largest absolute Gasteiger partial charge is 0.497 e. The Balaban J connectivity index is 1.57. The van der Waals surface area contributed by atoms with Crippen molar-refractivity contribution in [3.63, 3.8) is 0 Å². The fraction of sp³-hybridized carbons (Fsp3) is 0.200. The molecule has 3 heterocycles. The van der Waals surface area contributed by atoms with Gasteiger partial charge in [-0.2, -0.15) is 0 Å². The Hall–Kier alpha value is -3.43. The third-order valence-corrected chi connectivity index (χ3v) is 7.85. The topological polar surface area (TPSA) is 85.7 Å². The molecule has 0 radical (unpaired) electrons. The molecule has 9 heteroatoms. The van der Waals surface area contributed by atoms with Crippen molar-refractivity contribution in [2.24, 2.45) is 0 Å². The number of hydrogen-bond donors (Lipinski definition) is 1. The predicted molar refractivity (Wildman–Crippen MR) is 137 cm³/mol. The zero-order valence-electron chi connectivity index (χ0n) is 19.2. The van der Waals surface area contributed by atoms with Crippen LogP contribution in [0.1, 0.15) is 28.4 Å². The van der Waals surface area contributed by atoms with E-state index in [1.807, 2.05) is 79.9 Å². The highest BCUT2D eigenvalue weighted by atomic mass is 32.2. The van der Waals surface area contributed by atoms with Crippen LogP contribution in [0.4, 0.5) is 0 Å². The van der Waals surface area contributed by atoms with Crippen LogP contribution in [0.5, 0.6) is 5.75 Å². The monoisotopic (exact) mass is 489 g/mol. The van der Waals surface area contributed by atoms with Gasteiger partial charge in [-0.15, -0.1) is 21.5 Å². The predicted octanol–water partition coefficient (Wildman–Crippen LogP) is 5.71. The molecule has 1 atom stereocenters. The standard InChI is InChI=1S/C25H23N5O2S2/c1-14-15(2)33-24-20(14)23(31)26-21(27-24)16(3)34-25-29-28-22(17-9-8-12-19(13-17)32-4)30(25)18-10-6-5-7-11-18/h5-13,16H,1-4H3,(H,26,27,31). The Morgan fingerprint density at radius 3 is 2.65 bits per heavy atom. The van der Waals surface area contributed by atoms with Crippen molar-refractivity contribution in [1.82, 2.24) is 24.7 Å². The molecule has 0 aliphatic carbocycles. The first-order valence-corrected chi connectivity index (χ1v) is 12.5. The Kier molecular flexibility index (Phi) is 5.97. The van der Waals surface area contributed by atoms with E-state index < -0.39 is 0 Å². The minimum absolute atomic E-state index is 0.101. The number of aromatic nitrogens is 5. The van der Waals surface area contributed by atoms with Crippen LogP contribution >= 0.6 is 23.1 Å². The van der Waals surface area contributed by atoms with Gasteiger partial charge < -0.3 is 9.72 Å². The number of fused-ring (bicyclic) bond motifs is 1. The van der Waals surface area contributed by atoms with E-state index >= 15 is 0 Å². The first-order chi connectivity index (χ1) is 16.5. The molecule has 0 bridgehead atoms. The van der Waals surface area contributed by atoms with Gasteiger partial charge in [0.25, 0.3) is 5.56 Å². The maximum Gasteiger partial charge on any atom is 0.259 e. The molecule has 0 aliphatic heterocycles. The van der Waals surface area contributed by atoms with E-state index in [0.29, 0.717) is 22.2 Å². The summed E-state index contributed by atoms with van der Waals surface area (Å²) < 4.78 is 7.42. The smallest absolute Gasteiger partial charge is 0.259 e. The van der Waals surface area contributed by atoms with Crippen LogP contribution in [0.3, 0.4) is 0 Å². The molecule has 0 fully saturated rings. The summed E-state index contributed by atoms with van der Waals surface area (Å²) in [7, 11) is 1.64. The van der Waals surface area contributed by atoms with Gasteiger partial charge in [-0.25, -0.2) is 4.98 Å². The van der Waals surface area contributed by atoms with Gasteiger partial charge in [0, 0.05) is 16.1 Å². The van der Waals surface area contributed by atoms with Crippen molar-refractivity contribution in [1.29, 1.82) is 0 Å². The van der Waals surface area contributed by atoms with Gasteiger partial charge in [-0.05, 0) is 50.6 Å². The third kappa shape index (κ3) is 4.01. The van der Waals surface area contributed by atoms with E-state index in [1.165, 1.54) is 11.8 Å². The number of aryl methyl sites for hydroxylation is 2. The van der Waals surface area contributed by atoms with Gasteiger partial charge in [0.2, 0.25) is 0 Å². The quantitative estimate of drug-likeness (QED) is 0.308. The van der Waals surface area contributed by atoms with Crippen molar-refractivity contribution in [2.75, 3.05) is 7.11 Å². The zero-order valence-corrected chi connectivity index (χ0v) is 20.8. The van der Waals surface area contributed by atoms with Crippen molar-refractivity contribution in [3.05, 3.63) is 81.2 Å². The maximum atomic E-state index is 12.8. The molecular weight excluding hydrogens is 466 g/mol. The molecule has 0 saturated carbocycles. The summed E-state index contributed by atoms with van der Waals surface area (Å²) in [5, 5.41) is 10.3. The zero-order chi connectivity index (χ0) is 23.8. The maximum absolute atomic E-state index is 12.8. The molecule has 5 rings (SSSR count). The minimum atomic E-state index is -0.148. The van der Waals surface area contributed by atoms with Crippen LogP contribution in [0.15, 0.2) is 64.5 Å². The molecule has 0 aliphatic rings. The average molecular weight is 490 g/mol. The van der Waals surface area contributed by atoms with Gasteiger partial charge in [-0.1, -0.05) is 42.1 Å². The van der Waals surface area contributed by atoms with E-state index in [-0.39, 0.29) is 10.8 Å². The number of para-hydroxylation sites is 1. The number of aromatic amines is 1. The van der Waals surface area contributed by atoms with Crippen molar-refractivity contribution in [2.45, 2.75) is 31.2 Å². The number of nitrogens with one attached hydrogen (secondary N) is 1. The molecule has 172 valence electrons. The summed E-state index contributed by atoms with van der Waals surface area (Å²) in [5.74, 6) is 2.08. The molecule has 0 saturated heterocycles. The molecule has 7 nitrogen and oxygen atoms in total. The number of hydrogen-bond acceptors (Lipinski definition) is 7. The summed E-state index contributed by atoms with van der Waals surface area (Å²) in [6, 6.07) is 17.7. The Labute approximate surface area is 204 Å². The second-order valence-electron chi connectivity index (χ2n) is 7.88. The SMILES string of the molecule is COc1cccc(-c2nnc(SC(C)c3nc4sc(C)c(C)c4c(=O)[nH]3)n2-c2ccccc2)c1. The number of nitrogens with zero attached hydrogens (tertiary/aromatic N) is 4.